The fourth-order valence-electron chi connectivity index (χ4n) is 3.01. The van der Waals surface area contributed by atoms with E-state index in [1.165, 1.54) is 13.3 Å². The van der Waals surface area contributed by atoms with E-state index in [1.807, 2.05) is 0 Å². The first-order chi connectivity index (χ1) is 12.6. The molecule has 8 nitrogen and oxygen atoms in total. The normalized spacial score (nSPS) is 18.1. The number of anilines is 2. The minimum Gasteiger partial charge on any atom is -0.481 e. The summed E-state index contributed by atoms with van der Waals surface area (Å²) >= 11 is 0. The Morgan fingerprint density at radius 1 is 1.27 bits per heavy atom. The molecule has 4 rings (SSSR count). The lowest BCUT2D eigenvalue weighted by molar-refractivity contribution is -0.122. The fourth-order valence-corrected chi connectivity index (χ4v) is 3.01. The Kier molecular flexibility index (Phi) is 4.08. The molecule has 2 aromatic rings. The number of carbonyl (C=O) groups is 2. The maximum atomic E-state index is 12.5. The van der Waals surface area contributed by atoms with Gasteiger partial charge in [0, 0.05) is 30.8 Å². The van der Waals surface area contributed by atoms with Gasteiger partial charge in [-0.2, -0.15) is 0 Å². The van der Waals surface area contributed by atoms with Gasteiger partial charge in [0.1, 0.15) is 0 Å². The van der Waals surface area contributed by atoms with E-state index in [-0.39, 0.29) is 25.0 Å². The van der Waals surface area contributed by atoms with Crippen molar-refractivity contribution < 1.29 is 23.8 Å². The van der Waals surface area contributed by atoms with Crippen molar-refractivity contribution in [2.75, 3.05) is 30.7 Å². The standard InChI is InChI=1S/C18H17N3O5/c1-24-16-5-2-12(8-19-16)20-18(23)11-6-17(22)21(9-11)13-3-4-14-15(7-13)26-10-25-14/h2-5,7-8,11H,6,9-10H2,1H3,(H,20,23). The van der Waals surface area contributed by atoms with Crippen LogP contribution in [-0.4, -0.2) is 37.2 Å². The van der Waals surface area contributed by atoms with Crippen LogP contribution in [0.25, 0.3) is 0 Å². The molecule has 1 atom stereocenters. The van der Waals surface area contributed by atoms with Crippen LogP contribution in [0.2, 0.25) is 0 Å². The van der Waals surface area contributed by atoms with Gasteiger partial charge in [0.05, 0.1) is 24.9 Å². The van der Waals surface area contributed by atoms with Crippen molar-refractivity contribution in [2.45, 2.75) is 6.42 Å². The highest BCUT2D eigenvalue weighted by atomic mass is 16.7. The number of carbonyl (C=O) groups excluding carboxylic acids is 2. The first kappa shape index (κ1) is 16.2. The SMILES string of the molecule is COc1ccc(NC(=O)C2CC(=O)N(c3ccc4c(c3)OCO4)C2)cn1. The van der Waals surface area contributed by atoms with Crippen molar-refractivity contribution in [3.8, 4) is 17.4 Å². The first-order valence-electron chi connectivity index (χ1n) is 8.15. The molecule has 3 heterocycles. The summed E-state index contributed by atoms with van der Waals surface area (Å²) in [4.78, 5) is 30.5. The topological polar surface area (TPSA) is 90.0 Å². The van der Waals surface area contributed by atoms with E-state index < -0.39 is 5.92 Å². The average molecular weight is 355 g/mol. The first-order valence-corrected chi connectivity index (χ1v) is 8.15. The molecule has 134 valence electrons. The maximum absolute atomic E-state index is 12.5. The second kappa shape index (κ2) is 6.55. The monoisotopic (exact) mass is 355 g/mol. The van der Waals surface area contributed by atoms with Crippen LogP contribution in [0.1, 0.15) is 6.42 Å². The van der Waals surface area contributed by atoms with Crippen molar-refractivity contribution in [1.82, 2.24) is 4.98 Å². The van der Waals surface area contributed by atoms with Crippen LogP contribution in [0, 0.1) is 5.92 Å². The molecule has 1 fully saturated rings. The highest BCUT2D eigenvalue weighted by Crippen LogP contribution is 2.37. The van der Waals surface area contributed by atoms with Gasteiger partial charge in [-0.05, 0) is 18.2 Å². The van der Waals surface area contributed by atoms with Crippen LogP contribution in [-0.2, 0) is 9.59 Å². The summed E-state index contributed by atoms with van der Waals surface area (Å²) in [5.74, 6) is 0.975. The summed E-state index contributed by atoms with van der Waals surface area (Å²) in [5, 5.41) is 2.79. The maximum Gasteiger partial charge on any atom is 0.231 e. The number of benzene rings is 1. The minimum absolute atomic E-state index is 0.100. The molecule has 0 saturated carbocycles. The van der Waals surface area contributed by atoms with Crippen LogP contribution in [0.4, 0.5) is 11.4 Å². The van der Waals surface area contributed by atoms with E-state index in [1.54, 1.807) is 35.2 Å². The highest BCUT2D eigenvalue weighted by molar-refractivity contribution is 6.03. The predicted octanol–water partition coefficient (Wildman–Crippen LogP) is 1.81. The Bertz CT molecular complexity index is 852. The van der Waals surface area contributed by atoms with Crippen LogP contribution in [0.15, 0.2) is 36.5 Å². The quantitative estimate of drug-likeness (QED) is 0.900. The number of ether oxygens (including phenoxy) is 3. The lowest BCUT2D eigenvalue weighted by atomic mass is 10.1. The Morgan fingerprint density at radius 3 is 2.88 bits per heavy atom. The summed E-state index contributed by atoms with van der Waals surface area (Å²) in [5.41, 5.74) is 1.26. The van der Waals surface area contributed by atoms with E-state index in [9.17, 15) is 9.59 Å². The number of hydrogen-bond donors (Lipinski definition) is 1. The number of methoxy groups -OCH3 is 1. The number of amides is 2. The summed E-state index contributed by atoms with van der Waals surface area (Å²) < 4.78 is 15.6. The molecule has 1 aromatic heterocycles. The predicted molar refractivity (Wildman–Crippen MR) is 92.4 cm³/mol. The van der Waals surface area contributed by atoms with E-state index in [4.69, 9.17) is 14.2 Å². The van der Waals surface area contributed by atoms with Gasteiger partial charge < -0.3 is 24.4 Å². The molecule has 2 amide bonds. The average Bonchev–Trinajstić information content (AvgIpc) is 3.28. The van der Waals surface area contributed by atoms with E-state index in [2.05, 4.69) is 10.3 Å². The smallest absolute Gasteiger partial charge is 0.231 e. The Balaban J connectivity index is 1.44. The number of nitrogens with zero attached hydrogens (tertiary/aromatic N) is 2. The zero-order chi connectivity index (χ0) is 18.1. The van der Waals surface area contributed by atoms with Gasteiger partial charge in [-0.25, -0.2) is 4.98 Å². The number of fused-ring (bicyclic) bond motifs is 1. The van der Waals surface area contributed by atoms with Crippen LogP contribution < -0.4 is 24.4 Å². The van der Waals surface area contributed by atoms with Gasteiger partial charge in [-0.15, -0.1) is 0 Å². The second-order valence-corrected chi connectivity index (χ2v) is 6.02. The summed E-state index contributed by atoms with van der Waals surface area (Å²) in [6.07, 6.45) is 1.67. The second-order valence-electron chi connectivity index (χ2n) is 6.02. The van der Waals surface area contributed by atoms with Crippen LogP contribution >= 0.6 is 0 Å². The molecule has 0 radical (unpaired) electrons. The molecule has 1 saturated heterocycles. The zero-order valence-corrected chi connectivity index (χ0v) is 14.1. The van der Waals surface area contributed by atoms with Crippen LogP contribution in [0.5, 0.6) is 17.4 Å². The van der Waals surface area contributed by atoms with Gasteiger partial charge in [0.15, 0.2) is 11.5 Å². The third-order valence-electron chi connectivity index (χ3n) is 4.38. The number of rotatable bonds is 4. The van der Waals surface area contributed by atoms with Crippen molar-refractivity contribution in [3.63, 3.8) is 0 Å². The fraction of sp³-hybridized carbons (Fsp3) is 0.278. The molecule has 1 aromatic carbocycles. The Labute approximate surface area is 149 Å². The Hall–Kier alpha value is -3.29. The molecule has 0 bridgehead atoms. The number of pyridine rings is 1. The molecule has 2 aliphatic heterocycles. The van der Waals surface area contributed by atoms with Gasteiger partial charge in [-0.1, -0.05) is 0 Å². The molecule has 2 aliphatic rings. The third kappa shape index (κ3) is 3.01. The van der Waals surface area contributed by atoms with Crippen LogP contribution in [0.3, 0.4) is 0 Å². The van der Waals surface area contributed by atoms with Crippen molar-refractivity contribution in [1.29, 1.82) is 0 Å². The van der Waals surface area contributed by atoms with Gasteiger partial charge in [0.25, 0.3) is 0 Å². The molecule has 26 heavy (non-hydrogen) atoms. The van der Waals surface area contributed by atoms with E-state index in [0.717, 1.165) is 0 Å². The lowest BCUT2D eigenvalue weighted by Crippen LogP contribution is -2.28. The molecule has 1 unspecified atom stereocenters. The number of hydrogen-bond acceptors (Lipinski definition) is 6. The van der Waals surface area contributed by atoms with E-state index >= 15 is 0 Å². The molecular weight excluding hydrogens is 338 g/mol. The van der Waals surface area contributed by atoms with Crippen molar-refractivity contribution in [3.05, 3.63) is 36.5 Å². The molecule has 8 heteroatoms. The number of nitrogens with one attached hydrogen (secondary N) is 1. The summed E-state index contributed by atoms with van der Waals surface area (Å²) in [6.45, 7) is 0.488. The molecule has 0 spiro atoms. The van der Waals surface area contributed by atoms with Gasteiger partial charge >= 0.3 is 0 Å². The summed E-state index contributed by atoms with van der Waals surface area (Å²) in [7, 11) is 1.52. The zero-order valence-electron chi connectivity index (χ0n) is 14.1. The number of aromatic nitrogens is 1. The van der Waals surface area contributed by atoms with Gasteiger partial charge in [-0.3, -0.25) is 9.59 Å². The highest BCUT2D eigenvalue weighted by Gasteiger charge is 2.35. The van der Waals surface area contributed by atoms with Gasteiger partial charge in [0.2, 0.25) is 24.5 Å². The minimum atomic E-state index is -0.435. The van der Waals surface area contributed by atoms with Crippen molar-refractivity contribution >= 4 is 23.2 Å². The van der Waals surface area contributed by atoms with E-state index in [0.29, 0.717) is 35.3 Å². The summed E-state index contributed by atoms with van der Waals surface area (Å²) in [6, 6.07) is 8.68. The molecule has 1 N–H and O–H groups in total. The molecule has 0 aliphatic carbocycles. The van der Waals surface area contributed by atoms with Crippen molar-refractivity contribution in [2.24, 2.45) is 5.92 Å². The molecular formula is C18H17N3O5. The largest absolute Gasteiger partial charge is 0.481 e. The Morgan fingerprint density at radius 2 is 2.12 bits per heavy atom. The third-order valence-corrected chi connectivity index (χ3v) is 4.38. The lowest BCUT2D eigenvalue weighted by Gasteiger charge is -2.17.